The Labute approximate surface area is 117 Å². The van der Waals surface area contributed by atoms with E-state index in [-0.39, 0.29) is 0 Å². The Morgan fingerprint density at radius 2 is 1.40 bits per heavy atom. The zero-order chi connectivity index (χ0) is 13.4. The van der Waals surface area contributed by atoms with Gasteiger partial charge in [0.1, 0.15) is 0 Å². The zero-order valence-electron chi connectivity index (χ0n) is 10.9. The van der Waals surface area contributed by atoms with E-state index in [1.807, 2.05) is 6.20 Å². The van der Waals surface area contributed by atoms with Crippen LogP contribution in [0, 0.1) is 0 Å². The smallest absolute Gasteiger partial charge is 0.0455 e. The van der Waals surface area contributed by atoms with Crippen molar-refractivity contribution in [3.05, 3.63) is 72.9 Å². The van der Waals surface area contributed by atoms with Crippen LogP contribution in [-0.2, 0) is 0 Å². The normalized spacial score (nSPS) is 11.0. The number of nitrogens with one attached hydrogen (secondary N) is 2. The van der Waals surface area contributed by atoms with Crippen LogP contribution < -0.4 is 5.32 Å². The summed E-state index contributed by atoms with van der Waals surface area (Å²) in [6, 6.07) is 23.3. The number of aromatic amines is 1. The first-order chi connectivity index (χ1) is 9.88. The first-order valence-corrected chi connectivity index (χ1v) is 6.71. The molecule has 0 radical (unpaired) electrons. The predicted octanol–water partition coefficient (Wildman–Crippen LogP) is 5.06. The summed E-state index contributed by atoms with van der Waals surface area (Å²) in [6.45, 7) is 0. The van der Waals surface area contributed by atoms with Crippen LogP contribution in [0.3, 0.4) is 0 Å². The molecule has 0 fully saturated rings. The second-order valence-electron chi connectivity index (χ2n) is 4.97. The van der Waals surface area contributed by atoms with Crippen molar-refractivity contribution in [2.24, 2.45) is 0 Å². The Kier molecular flexibility index (Phi) is 2.46. The van der Waals surface area contributed by atoms with Crippen LogP contribution in [0.1, 0.15) is 0 Å². The second-order valence-corrected chi connectivity index (χ2v) is 4.97. The summed E-state index contributed by atoms with van der Waals surface area (Å²) in [4.78, 5) is 3.21. The maximum Gasteiger partial charge on any atom is 0.0455 e. The molecule has 0 amide bonds. The molecule has 4 aromatic rings. The molecular weight excluding hydrogens is 244 g/mol. The van der Waals surface area contributed by atoms with Crippen LogP contribution in [0.2, 0.25) is 0 Å². The summed E-state index contributed by atoms with van der Waals surface area (Å²) in [5.41, 5.74) is 3.38. The summed E-state index contributed by atoms with van der Waals surface area (Å²) in [6.07, 6.45) is 1.96. The molecule has 0 aliphatic carbocycles. The van der Waals surface area contributed by atoms with Gasteiger partial charge >= 0.3 is 0 Å². The minimum atomic E-state index is 1.10. The Morgan fingerprint density at radius 1 is 0.650 bits per heavy atom. The van der Waals surface area contributed by atoms with Gasteiger partial charge in [0.15, 0.2) is 0 Å². The van der Waals surface area contributed by atoms with Gasteiger partial charge in [-0.05, 0) is 47.2 Å². The van der Waals surface area contributed by atoms with Crippen LogP contribution in [0.4, 0.5) is 11.4 Å². The average molecular weight is 258 g/mol. The van der Waals surface area contributed by atoms with Gasteiger partial charge in [0.05, 0.1) is 0 Å². The SMILES string of the molecule is c1ccc2cc(Nc3ccc4[nH]ccc4c3)ccc2c1. The van der Waals surface area contributed by atoms with Crippen LogP contribution in [0.5, 0.6) is 0 Å². The number of rotatable bonds is 2. The molecule has 96 valence electrons. The van der Waals surface area contributed by atoms with Crippen LogP contribution in [0.25, 0.3) is 21.7 Å². The standard InChI is InChI=1S/C18H14N2/c1-2-4-14-11-16(6-5-13(14)3-1)20-17-7-8-18-15(12-17)9-10-19-18/h1-12,19-20H. The van der Waals surface area contributed by atoms with Crippen LogP contribution >= 0.6 is 0 Å². The van der Waals surface area contributed by atoms with Gasteiger partial charge in [-0.15, -0.1) is 0 Å². The third kappa shape index (κ3) is 1.91. The van der Waals surface area contributed by atoms with Gasteiger partial charge in [-0.1, -0.05) is 30.3 Å². The van der Waals surface area contributed by atoms with E-state index in [2.05, 4.69) is 77.0 Å². The van der Waals surface area contributed by atoms with E-state index in [9.17, 15) is 0 Å². The fraction of sp³-hybridized carbons (Fsp3) is 0. The number of H-pyrrole nitrogens is 1. The molecule has 3 aromatic carbocycles. The Morgan fingerprint density at radius 3 is 2.30 bits per heavy atom. The number of fused-ring (bicyclic) bond motifs is 2. The van der Waals surface area contributed by atoms with Crippen LogP contribution in [-0.4, -0.2) is 4.98 Å². The van der Waals surface area contributed by atoms with Gasteiger partial charge in [0.25, 0.3) is 0 Å². The highest BCUT2D eigenvalue weighted by atomic mass is 14.9. The molecule has 0 unspecified atom stereocenters. The lowest BCUT2D eigenvalue weighted by atomic mass is 10.1. The molecule has 1 heterocycles. The Balaban J connectivity index is 1.72. The molecule has 0 bridgehead atoms. The minimum absolute atomic E-state index is 1.10. The van der Waals surface area contributed by atoms with Gasteiger partial charge in [-0.25, -0.2) is 0 Å². The van der Waals surface area contributed by atoms with E-state index >= 15 is 0 Å². The van der Waals surface area contributed by atoms with Crippen molar-refractivity contribution < 1.29 is 0 Å². The predicted molar refractivity (Wildman–Crippen MR) is 85.5 cm³/mol. The van der Waals surface area contributed by atoms with E-state index in [1.165, 1.54) is 16.2 Å². The summed E-state index contributed by atoms with van der Waals surface area (Å²) < 4.78 is 0. The Hall–Kier alpha value is -2.74. The molecule has 2 nitrogen and oxygen atoms in total. The third-order valence-corrected chi connectivity index (χ3v) is 3.59. The third-order valence-electron chi connectivity index (χ3n) is 3.59. The average Bonchev–Trinajstić information content (AvgIpc) is 2.95. The van der Waals surface area contributed by atoms with Gasteiger partial charge < -0.3 is 10.3 Å². The first kappa shape index (κ1) is 11.1. The number of hydrogen-bond acceptors (Lipinski definition) is 1. The summed E-state index contributed by atoms with van der Waals surface area (Å²) in [5, 5.41) is 7.20. The largest absolute Gasteiger partial charge is 0.361 e. The molecule has 20 heavy (non-hydrogen) atoms. The fourth-order valence-corrected chi connectivity index (χ4v) is 2.56. The van der Waals surface area contributed by atoms with Crippen LogP contribution in [0.15, 0.2) is 72.9 Å². The number of benzene rings is 3. The van der Waals surface area contributed by atoms with Gasteiger partial charge in [-0.2, -0.15) is 0 Å². The molecule has 2 N–H and O–H groups in total. The summed E-state index contributed by atoms with van der Waals surface area (Å²) in [7, 11) is 0. The molecule has 0 saturated heterocycles. The lowest BCUT2D eigenvalue weighted by Gasteiger charge is -2.08. The monoisotopic (exact) mass is 258 g/mol. The first-order valence-electron chi connectivity index (χ1n) is 6.71. The fourth-order valence-electron chi connectivity index (χ4n) is 2.56. The number of anilines is 2. The topological polar surface area (TPSA) is 27.8 Å². The quantitative estimate of drug-likeness (QED) is 0.516. The van der Waals surface area contributed by atoms with Gasteiger partial charge in [0, 0.05) is 28.5 Å². The van der Waals surface area contributed by atoms with E-state index in [4.69, 9.17) is 0 Å². The van der Waals surface area contributed by atoms with Crippen molar-refractivity contribution in [2.45, 2.75) is 0 Å². The van der Waals surface area contributed by atoms with Gasteiger partial charge in [0.2, 0.25) is 0 Å². The molecule has 4 rings (SSSR count). The van der Waals surface area contributed by atoms with E-state index in [0.717, 1.165) is 16.9 Å². The highest BCUT2D eigenvalue weighted by Crippen LogP contribution is 2.24. The van der Waals surface area contributed by atoms with Crippen molar-refractivity contribution in [2.75, 3.05) is 5.32 Å². The van der Waals surface area contributed by atoms with E-state index in [0.29, 0.717) is 0 Å². The maximum absolute atomic E-state index is 3.46. The molecule has 2 heteroatoms. The molecular formula is C18H14N2. The van der Waals surface area contributed by atoms with Crippen molar-refractivity contribution in [1.82, 2.24) is 4.98 Å². The number of aromatic nitrogens is 1. The van der Waals surface area contributed by atoms with Gasteiger partial charge in [-0.3, -0.25) is 0 Å². The minimum Gasteiger partial charge on any atom is -0.361 e. The number of hydrogen-bond donors (Lipinski definition) is 2. The molecule has 1 aromatic heterocycles. The molecule has 0 aliphatic rings. The Bertz CT molecular complexity index is 890. The molecule has 0 aliphatic heterocycles. The highest BCUT2D eigenvalue weighted by molar-refractivity contribution is 5.88. The lowest BCUT2D eigenvalue weighted by Crippen LogP contribution is -1.89. The van der Waals surface area contributed by atoms with Crippen molar-refractivity contribution >= 4 is 33.1 Å². The maximum atomic E-state index is 3.46. The second kappa shape index (κ2) is 4.42. The van der Waals surface area contributed by atoms with Crippen molar-refractivity contribution in [3.8, 4) is 0 Å². The lowest BCUT2D eigenvalue weighted by molar-refractivity contribution is 1.47. The van der Waals surface area contributed by atoms with E-state index in [1.54, 1.807) is 0 Å². The van der Waals surface area contributed by atoms with Crippen molar-refractivity contribution in [1.29, 1.82) is 0 Å². The zero-order valence-corrected chi connectivity index (χ0v) is 10.9. The van der Waals surface area contributed by atoms with Crippen molar-refractivity contribution in [3.63, 3.8) is 0 Å². The highest BCUT2D eigenvalue weighted by Gasteiger charge is 1.99. The molecule has 0 saturated carbocycles. The molecule has 0 atom stereocenters. The summed E-state index contributed by atoms with van der Waals surface area (Å²) in [5.74, 6) is 0. The molecule has 0 spiro atoms. The summed E-state index contributed by atoms with van der Waals surface area (Å²) >= 11 is 0. The van der Waals surface area contributed by atoms with E-state index < -0.39 is 0 Å².